The Labute approximate surface area is 114 Å². The predicted molar refractivity (Wildman–Crippen MR) is 79.2 cm³/mol. The molecule has 1 fully saturated rings. The van der Waals surface area contributed by atoms with Gasteiger partial charge in [0.15, 0.2) is 0 Å². The van der Waals surface area contributed by atoms with Crippen molar-refractivity contribution in [2.45, 2.75) is 25.7 Å². The maximum absolute atomic E-state index is 3.64. The Balaban J connectivity index is 1.81. The maximum Gasteiger partial charge on any atom is 0.0459 e. The number of benzene rings is 1. The first kappa shape index (κ1) is 11.2. The SMILES string of the molecule is C/C=C\N1C[C@@H]2CCc3[nH]c4ccccc4c3[C@@H]2C1. The van der Waals surface area contributed by atoms with Gasteiger partial charge >= 0.3 is 0 Å². The van der Waals surface area contributed by atoms with Gasteiger partial charge < -0.3 is 9.88 Å². The molecule has 1 aliphatic carbocycles. The van der Waals surface area contributed by atoms with Crippen LogP contribution in [0.15, 0.2) is 36.5 Å². The van der Waals surface area contributed by atoms with E-state index in [1.54, 1.807) is 5.56 Å². The number of hydrogen-bond donors (Lipinski definition) is 1. The molecule has 4 rings (SSSR count). The van der Waals surface area contributed by atoms with Crippen LogP contribution in [-0.2, 0) is 6.42 Å². The zero-order chi connectivity index (χ0) is 12.8. The molecule has 0 saturated carbocycles. The molecule has 2 nitrogen and oxygen atoms in total. The van der Waals surface area contributed by atoms with Gasteiger partial charge in [-0.3, -0.25) is 0 Å². The van der Waals surface area contributed by atoms with Crippen LogP contribution in [0.1, 0.15) is 30.5 Å². The van der Waals surface area contributed by atoms with E-state index in [0.717, 1.165) is 11.8 Å². The zero-order valence-electron chi connectivity index (χ0n) is 11.4. The third-order valence-corrected chi connectivity index (χ3v) is 4.79. The monoisotopic (exact) mass is 252 g/mol. The van der Waals surface area contributed by atoms with Crippen LogP contribution in [0.25, 0.3) is 10.9 Å². The summed E-state index contributed by atoms with van der Waals surface area (Å²) in [5.74, 6) is 1.55. The number of hydrogen-bond acceptors (Lipinski definition) is 1. The van der Waals surface area contributed by atoms with Crippen molar-refractivity contribution in [3.05, 3.63) is 47.8 Å². The first-order chi connectivity index (χ1) is 9.36. The van der Waals surface area contributed by atoms with Gasteiger partial charge in [-0.15, -0.1) is 0 Å². The highest BCUT2D eigenvalue weighted by Crippen LogP contribution is 2.44. The van der Waals surface area contributed by atoms with E-state index in [0.29, 0.717) is 0 Å². The minimum Gasteiger partial charge on any atom is -0.377 e. The lowest BCUT2D eigenvalue weighted by Gasteiger charge is -2.24. The van der Waals surface area contributed by atoms with Crippen molar-refractivity contribution in [1.29, 1.82) is 0 Å². The Morgan fingerprint density at radius 2 is 2.16 bits per heavy atom. The van der Waals surface area contributed by atoms with Crippen molar-refractivity contribution in [1.82, 2.24) is 9.88 Å². The molecule has 19 heavy (non-hydrogen) atoms. The van der Waals surface area contributed by atoms with Crippen molar-refractivity contribution in [3.8, 4) is 0 Å². The number of nitrogens with zero attached hydrogens (tertiary/aromatic N) is 1. The largest absolute Gasteiger partial charge is 0.377 e. The van der Waals surface area contributed by atoms with E-state index in [9.17, 15) is 0 Å². The van der Waals surface area contributed by atoms with Crippen LogP contribution in [-0.4, -0.2) is 23.0 Å². The summed E-state index contributed by atoms with van der Waals surface area (Å²) in [4.78, 5) is 6.13. The number of para-hydroxylation sites is 1. The molecule has 1 aromatic heterocycles. The molecule has 0 radical (unpaired) electrons. The molecule has 0 bridgehead atoms. The summed E-state index contributed by atoms with van der Waals surface area (Å²) in [6.07, 6.45) is 6.97. The number of aryl methyl sites for hydroxylation is 1. The predicted octanol–water partition coefficient (Wildman–Crippen LogP) is 3.66. The number of aromatic amines is 1. The molecule has 0 unspecified atom stereocenters. The van der Waals surface area contributed by atoms with Crippen LogP contribution in [0, 0.1) is 5.92 Å². The lowest BCUT2D eigenvalue weighted by Crippen LogP contribution is -2.18. The number of rotatable bonds is 1. The summed E-state index contributed by atoms with van der Waals surface area (Å²) < 4.78 is 0. The Morgan fingerprint density at radius 3 is 3.05 bits per heavy atom. The summed E-state index contributed by atoms with van der Waals surface area (Å²) in [6, 6.07) is 8.79. The van der Waals surface area contributed by atoms with E-state index in [4.69, 9.17) is 0 Å². The molecule has 2 heterocycles. The van der Waals surface area contributed by atoms with E-state index in [1.165, 1.54) is 42.5 Å². The summed E-state index contributed by atoms with van der Waals surface area (Å²) >= 11 is 0. The van der Waals surface area contributed by atoms with Gasteiger partial charge in [0.05, 0.1) is 0 Å². The van der Waals surface area contributed by atoms with Crippen LogP contribution in [0.5, 0.6) is 0 Å². The molecule has 1 aromatic carbocycles. The minimum atomic E-state index is 0.719. The number of H-pyrrole nitrogens is 1. The van der Waals surface area contributed by atoms with Gasteiger partial charge in [-0.25, -0.2) is 0 Å². The number of aromatic nitrogens is 1. The zero-order valence-corrected chi connectivity index (χ0v) is 11.4. The number of allylic oxidation sites excluding steroid dienone is 1. The van der Waals surface area contributed by atoms with E-state index < -0.39 is 0 Å². The summed E-state index contributed by atoms with van der Waals surface area (Å²) in [5, 5.41) is 1.45. The molecular weight excluding hydrogens is 232 g/mol. The molecular formula is C17H20N2. The van der Waals surface area contributed by atoms with E-state index in [2.05, 4.69) is 53.3 Å². The van der Waals surface area contributed by atoms with Gasteiger partial charge in [0.1, 0.15) is 0 Å². The number of fused-ring (bicyclic) bond motifs is 5. The second-order valence-electron chi connectivity index (χ2n) is 5.90. The molecule has 2 atom stereocenters. The van der Waals surface area contributed by atoms with E-state index in [-0.39, 0.29) is 0 Å². The van der Waals surface area contributed by atoms with Crippen LogP contribution >= 0.6 is 0 Å². The Morgan fingerprint density at radius 1 is 1.26 bits per heavy atom. The highest BCUT2D eigenvalue weighted by molar-refractivity contribution is 5.85. The van der Waals surface area contributed by atoms with Gasteiger partial charge in [-0.05, 0) is 43.5 Å². The fourth-order valence-corrected chi connectivity index (χ4v) is 4.03. The summed E-state index contributed by atoms with van der Waals surface area (Å²) in [6.45, 7) is 4.52. The van der Waals surface area contributed by atoms with Crippen LogP contribution in [0.4, 0.5) is 0 Å². The third kappa shape index (κ3) is 1.62. The average Bonchev–Trinajstić information content (AvgIpc) is 2.98. The van der Waals surface area contributed by atoms with Gasteiger partial charge in [0.2, 0.25) is 0 Å². The van der Waals surface area contributed by atoms with E-state index >= 15 is 0 Å². The van der Waals surface area contributed by atoms with Gasteiger partial charge in [0, 0.05) is 35.6 Å². The number of likely N-dealkylation sites (tertiary alicyclic amines) is 1. The first-order valence-corrected chi connectivity index (χ1v) is 7.33. The van der Waals surface area contributed by atoms with Gasteiger partial charge in [0.25, 0.3) is 0 Å². The fraction of sp³-hybridized carbons (Fsp3) is 0.412. The molecule has 98 valence electrons. The molecule has 0 spiro atoms. The molecule has 0 amide bonds. The van der Waals surface area contributed by atoms with Crippen molar-refractivity contribution in [2.24, 2.45) is 5.92 Å². The Kier molecular flexibility index (Phi) is 2.44. The molecule has 2 aromatic rings. The van der Waals surface area contributed by atoms with Crippen molar-refractivity contribution in [3.63, 3.8) is 0 Å². The minimum absolute atomic E-state index is 0.719. The van der Waals surface area contributed by atoms with Crippen molar-refractivity contribution in [2.75, 3.05) is 13.1 Å². The standard InChI is InChI=1S/C17H20N2/c1-2-9-19-10-12-7-8-16-17(14(12)11-19)13-5-3-4-6-15(13)18-16/h2-6,9,12,14,18H,7-8,10-11H2,1H3/b9-2-/t12-,14+/m0/s1. The quantitative estimate of drug-likeness (QED) is 0.820. The highest BCUT2D eigenvalue weighted by Gasteiger charge is 2.38. The topological polar surface area (TPSA) is 19.0 Å². The average molecular weight is 252 g/mol. The first-order valence-electron chi connectivity index (χ1n) is 7.33. The second-order valence-corrected chi connectivity index (χ2v) is 5.90. The van der Waals surface area contributed by atoms with Gasteiger partial charge in [-0.1, -0.05) is 24.3 Å². The second kappa shape index (κ2) is 4.16. The lowest BCUT2D eigenvalue weighted by molar-refractivity contribution is 0.417. The molecule has 1 aliphatic heterocycles. The Hall–Kier alpha value is -1.70. The fourth-order valence-electron chi connectivity index (χ4n) is 4.03. The van der Waals surface area contributed by atoms with Crippen molar-refractivity contribution >= 4 is 10.9 Å². The summed E-state index contributed by atoms with van der Waals surface area (Å²) in [5.41, 5.74) is 4.42. The van der Waals surface area contributed by atoms with E-state index in [1.807, 2.05) is 0 Å². The lowest BCUT2D eigenvalue weighted by atomic mass is 9.79. The Bertz CT molecular complexity index is 638. The third-order valence-electron chi connectivity index (χ3n) is 4.79. The molecule has 1 saturated heterocycles. The van der Waals surface area contributed by atoms with Crippen LogP contribution in [0.2, 0.25) is 0 Å². The number of nitrogens with one attached hydrogen (secondary N) is 1. The van der Waals surface area contributed by atoms with Crippen LogP contribution in [0.3, 0.4) is 0 Å². The van der Waals surface area contributed by atoms with Crippen molar-refractivity contribution < 1.29 is 0 Å². The normalized spacial score (nSPS) is 26.1. The maximum atomic E-state index is 3.64. The molecule has 1 N–H and O–H groups in total. The smallest absolute Gasteiger partial charge is 0.0459 e. The van der Waals surface area contributed by atoms with Crippen LogP contribution < -0.4 is 0 Å². The molecule has 2 aliphatic rings. The summed E-state index contributed by atoms with van der Waals surface area (Å²) in [7, 11) is 0. The highest BCUT2D eigenvalue weighted by atomic mass is 15.1. The van der Waals surface area contributed by atoms with Gasteiger partial charge in [-0.2, -0.15) is 0 Å². The molecule has 2 heteroatoms.